The van der Waals surface area contributed by atoms with Crippen LogP contribution in [0.2, 0.25) is 26.2 Å². The average Bonchev–Trinajstić information content (AvgIpc) is 2.04. The summed E-state index contributed by atoms with van der Waals surface area (Å²) in [6, 6.07) is 0. The summed E-state index contributed by atoms with van der Waals surface area (Å²) in [5.74, 6) is 0. The fourth-order valence-corrected chi connectivity index (χ4v) is 7.48. The van der Waals surface area contributed by atoms with Crippen LogP contribution in [-0.4, -0.2) is 29.0 Å². The molecule has 0 aliphatic carbocycles. The monoisotopic (exact) mass is 593 g/mol. The molecule has 0 aliphatic rings. The Morgan fingerprint density at radius 2 is 0.900 bits per heavy atom. The second-order valence-electron chi connectivity index (χ2n) is 4.09. The Kier molecular flexibility index (Phi) is 65.0. The van der Waals surface area contributed by atoms with Gasteiger partial charge >= 0.3 is 49.4 Å². The Balaban J connectivity index is -0.0000000246. The molecule has 0 heterocycles. The summed E-state index contributed by atoms with van der Waals surface area (Å²) in [4.78, 5) is 0. The van der Waals surface area contributed by atoms with Gasteiger partial charge in [-0.05, 0) is 26.2 Å². The van der Waals surface area contributed by atoms with Crippen molar-refractivity contribution in [1.82, 2.24) is 0 Å². The summed E-state index contributed by atoms with van der Waals surface area (Å²) in [6.07, 6.45) is 1.37. The Morgan fingerprint density at radius 3 is 1.00 bits per heavy atom. The van der Waals surface area contributed by atoms with Crippen molar-refractivity contribution in [1.29, 1.82) is 0 Å². The molecule has 0 radical (unpaired) electrons. The molecule has 20 heavy (non-hydrogen) atoms. The van der Waals surface area contributed by atoms with Crippen LogP contribution in [-0.2, 0) is 13.6 Å². The Labute approximate surface area is 163 Å². The van der Waals surface area contributed by atoms with Crippen molar-refractivity contribution in [2.75, 3.05) is 12.3 Å². The van der Waals surface area contributed by atoms with E-state index in [0.717, 1.165) is 0 Å². The van der Waals surface area contributed by atoms with Crippen LogP contribution < -0.4 is 11.5 Å². The molecule has 0 unspecified atom stereocenters. The van der Waals surface area contributed by atoms with E-state index in [2.05, 4.69) is 66.1 Å². The van der Waals surface area contributed by atoms with Gasteiger partial charge in [0, 0.05) is 12.3 Å². The van der Waals surface area contributed by atoms with E-state index in [-0.39, 0.29) is 44.6 Å². The van der Waals surface area contributed by atoms with E-state index in [0.29, 0.717) is 21.8 Å². The van der Waals surface area contributed by atoms with Gasteiger partial charge in [0.25, 0.3) is 0 Å². The molecular weight excluding hydrogens is 549 g/mol. The SMILES string of the molecule is C.C.C.C.C.C.C[Si](C)(CN)O[Si](C)(C)CN.[I][V][I]. The molecule has 0 bridgehead atoms. The summed E-state index contributed by atoms with van der Waals surface area (Å²) in [7, 11) is -2.52. The van der Waals surface area contributed by atoms with Crippen LogP contribution in [0, 0.1) is 0 Å². The second-order valence-corrected chi connectivity index (χ2v) is 24.6. The number of hydrogen-bond donors (Lipinski definition) is 2. The zero-order valence-electron chi connectivity index (χ0n) is 9.18. The molecule has 135 valence electrons. The molecule has 0 atom stereocenters. The molecule has 0 aromatic heterocycles. The quantitative estimate of drug-likeness (QED) is 0.311. The maximum absolute atomic E-state index is 5.95. The van der Waals surface area contributed by atoms with Crippen LogP contribution >= 0.6 is 40.0 Å². The Hall–Kier alpha value is 2.36. The predicted molar refractivity (Wildman–Crippen MR) is 123 cm³/mol. The standard InChI is InChI=1S/C6H20N2OSi2.6CH4.2HI.V/c1-10(2,5-7)9-11(3,4)6-8;;;;;;;;;/h5-8H2,1-4H3;6*1H4;2*1H;/q;;;;;;;;;+2/p-2. The van der Waals surface area contributed by atoms with Gasteiger partial charge in [0.1, 0.15) is 0 Å². The maximum atomic E-state index is 5.95. The van der Waals surface area contributed by atoms with Crippen molar-refractivity contribution in [3.63, 3.8) is 0 Å². The van der Waals surface area contributed by atoms with Gasteiger partial charge in [-0.15, -0.1) is 0 Å². The van der Waals surface area contributed by atoms with Crippen LogP contribution in [0.5, 0.6) is 0 Å². The third kappa shape index (κ3) is 37.0. The van der Waals surface area contributed by atoms with Gasteiger partial charge in [0.2, 0.25) is 0 Å². The van der Waals surface area contributed by atoms with Gasteiger partial charge in [0.05, 0.1) is 0 Å². The zero-order chi connectivity index (χ0) is 11.8. The Bertz CT molecular complexity index is 143. The van der Waals surface area contributed by atoms with E-state index >= 15 is 0 Å². The van der Waals surface area contributed by atoms with E-state index < -0.39 is 16.6 Å². The fraction of sp³-hybridized carbons (Fsp3) is 1.00. The molecule has 0 saturated carbocycles. The minimum atomic E-state index is -1.57. The molecule has 0 aromatic rings. The first-order valence-corrected chi connectivity index (χ1v) is 19.5. The van der Waals surface area contributed by atoms with Crippen LogP contribution in [0.25, 0.3) is 0 Å². The van der Waals surface area contributed by atoms with Crippen molar-refractivity contribution >= 4 is 56.6 Å². The second kappa shape index (κ2) is 26.3. The van der Waals surface area contributed by atoms with Crippen molar-refractivity contribution in [2.24, 2.45) is 11.5 Å². The van der Waals surface area contributed by atoms with Crippen LogP contribution in [0.15, 0.2) is 0 Å². The molecule has 0 spiro atoms. The summed E-state index contributed by atoms with van der Waals surface area (Å²) in [6.45, 7) is 8.55. The van der Waals surface area contributed by atoms with Gasteiger partial charge in [0.15, 0.2) is 16.6 Å². The van der Waals surface area contributed by atoms with E-state index in [1.165, 1.54) is 0 Å². The molecule has 0 rings (SSSR count). The van der Waals surface area contributed by atoms with Gasteiger partial charge in [-0.1, -0.05) is 44.6 Å². The van der Waals surface area contributed by atoms with Crippen molar-refractivity contribution < 1.29 is 13.6 Å². The predicted octanol–water partition coefficient (Wildman–Crippen LogP) is 5.99. The first-order valence-electron chi connectivity index (χ1n) is 4.27. The fourth-order valence-electron chi connectivity index (χ4n) is 0.831. The van der Waals surface area contributed by atoms with E-state index in [9.17, 15) is 0 Å². The molecule has 0 aromatic carbocycles. The minimum absolute atomic E-state index is 0. The van der Waals surface area contributed by atoms with Gasteiger partial charge < -0.3 is 15.6 Å². The van der Waals surface area contributed by atoms with Crippen LogP contribution in [0.4, 0.5) is 0 Å². The summed E-state index contributed by atoms with van der Waals surface area (Å²) in [5.41, 5.74) is 11.2. The first-order chi connectivity index (χ1) is 6.24. The Morgan fingerprint density at radius 1 is 0.750 bits per heavy atom. The van der Waals surface area contributed by atoms with Crippen LogP contribution in [0.3, 0.4) is 0 Å². The number of nitrogens with two attached hydrogens (primary N) is 2. The van der Waals surface area contributed by atoms with E-state index in [1.807, 2.05) is 0 Å². The molecule has 0 saturated heterocycles. The van der Waals surface area contributed by atoms with Crippen molar-refractivity contribution in [3.8, 4) is 0 Å². The molecule has 0 amide bonds. The van der Waals surface area contributed by atoms with E-state index in [1.54, 1.807) is 0 Å². The third-order valence-corrected chi connectivity index (χ3v) is 7.92. The van der Waals surface area contributed by atoms with Gasteiger partial charge in [-0.3, -0.25) is 0 Å². The average molecular weight is 593 g/mol. The molecular formula is C12H44I2N2OSi2V. The zero-order valence-corrected chi connectivity index (χ0v) is 16.9. The number of hydrogen-bond acceptors (Lipinski definition) is 3. The first kappa shape index (κ1) is 49.5. The van der Waals surface area contributed by atoms with E-state index in [4.69, 9.17) is 15.6 Å². The molecule has 0 aliphatic heterocycles. The normalized spacial score (nSPS) is 8.20. The number of rotatable bonds is 4. The molecule has 0 fully saturated rings. The topological polar surface area (TPSA) is 61.3 Å². The molecule has 3 nitrogen and oxygen atoms in total. The van der Waals surface area contributed by atoms with Crippen LogP contribution in [0.1, 0.15) is 44.6 Å². The summed E-state index contributed by atoms with van der Waals surface area (Å²) < 4.78 is 5.95. The van der Waals surface area contributed by atoms with Gasteiger partial charge in [-0.25, -0.2) is 0 Å². The van der Waals surface area contributed by atoms with Gasteiger partial charge in [-0.2, -0.15) is 0 Å². The number of halogens is 2. The summed E-state index contributed by atoms with van der Waals surface area (Å²) in [5, 5.41) is 0. The molecule has 8 heteroatoms. The summed E-state index contributed by atoms with van der Waals surface area (Å²) >= 11 is 4.74. The van der Waals surface area contributed by atoms with Crippen molar-refractivity contribution in [3.05, 3.63) is 0 Å². The third-order valence-electron chi connectivity index (χ3n) is 1.54. The molecule has 4 N–H and O–H groups in total. The van der Waals surface area contributed by atoms with Crippen molar-refractivity contribution in [2.45, 2.75) is 70.7 Å².